The van der Waals surface area contributed by atoms with Crippen LogP contribution in [-0.4, -0.2) is 37.8 Å². The molecule has 21 heavy (non-hydrogen) atoms. The van der Waals surface area contributed by atoms with Gasteiger partial charge in [0.05, 0.1) is 11.8 Å². The predicted molar refractivity (Wildman–Crippen MR) is 90.3 cm³/mol. The molecule has 2 unspecified atom stereocenters. The van der Waals surface area contributed by atoms with Gasteiger partial charge in [0.2, 0.25) is 0 Å². The van der Waals surface area contributed by atoms with Crippen LogP contribution in [0.25, 0.3) is 0 Å². The van der Waals surface area contributed by atoms with Gasteiger partial charge in [-0.25, -0.2) is 4.98 Å². The minimum atomic E-state index is 0.328. The smallest absolute Gasteiger partial charge is 0.185 e. The molecule has 120 valence electrons. The number of thiazole rings is 1. The number of aryl methyl sites for hydroxylation is 1. The van der Waals surface area contributed by atoms with Gasteiger partial charge in [-0.3, -0.25) is 0 Å². The Bertz CT molecular complexity index is 435. The summed E-state index contributed by atoms with van der Waals surface area (Å²) in [5, 5.41) is 4.67. The average Bonchev–Trinajstić information content (AvgIpc) is 2.91. The van der Waals surface area contributed by atoms with Crippen molar-refractivity contribution in [2.24, 2.45) is 5.92 Å². The van der Waals surface area contributed by atoms with Crippen molar-refractivity contribution in [3.05, 3.63) is 10.6 Å². The Morgan fingerprint density at radius 3 is 2.90 bits per heavy atom. The minimum Gasteiger partial charge on any atom is -0.379 e. The number of aromatic nitrogens is 1. The molecule has 2 heterocycles. The molecule has 1 aromatic rings. The molecule has 1 N–H and O–H groups in total. The molecule has 0 aliphatic carbocycles. The maximum Gasteiger partial charge on any atom is 0.185 e. The third kappa shape index (κ3) is 4.18. The number of methoxy groups -OCH3 is 1. The number of rotatable bonds is 7. The van der Waals surface area contributed by atoms with Gasteiger partial charge in [-0.2, -0.15) is 0 Å². The summed E-state index contributed by atoms with van der Waals surface area (Å²) in [6.07, 6.45) is 3.70. The van der Waals surface area contributed by atoms with Crippen LogP contribution < -0.4 is 10.2 Å². The standard InChI is InChI=1S/C16H29N3OS/c1-5-8-17-10-15-13(6-2)18-16(21-15)19-9-7-12(3)14(11-19)20-4/h12,14,17H,5-11H2,1-4H3. The lowest BCUT2D eigenvalue weighted by Crippen LogP contribution is -2.43. The van der Waals surface area contributed by atoms with Gasteiger partial charge in [0.15, 0.2) is 5.13 Å². The first-order valence-electron chi connectivity index (χ1n) is 8.16. The van der Waals surface area contributed by atoms with Crippen LogP contribution in [0.5, 0.6) is 0 Å². The first-order valence-corrected chi connectivity index (χ1v) is 8.98. The zero-order chi connectivity index (χ0) is 15.2. The topological polar surface area (TPSA) is 37.4 Å². The number of nitrogens with one attached hydrogen (secondary N) is 1. The summed E-state index contributed by atoms with van der Waals surface area (Å²) in [5.41, 5.74) is 1.26. The fourth-order valence-electron chi connectivity index (χ4n) is 2.81. The second kappa shape index (κ2) is 8.11. The van der Waals surface area contributed by atoms with Gasteiger partial charge in [-0.15, -0.1) is 11.3 Å². The summed E-state index contributed by atoms with van der Waals surface area (Å²) in [4.78, 5) is 8.67. The predicted octanol–water partition coefficient (Wildman–Crippen LogP) is 3.07. The van der Waals surface area contributed by atoms with E-state index in [-0.39, 0.29) is 0 Å². The van der Waals surface area contributed by atoms with E-state index in [1.54, 1.807) is 0 Å². The highest BCUT2D eigenvalue weighted by molar-refractivity contribution is 7.15. The monoisotopic (exact) mass is 311 g/mol. The number of hydrogen-bond donors (Lipinski definition) is 1. The van der Waals surface area contributed by atoms with E-state index in [0.29, 0.717) is 12.0 Å². The molecule has 2 atom stereocenters. The van der Waals surface area contributed by atoms with E-state index in [1.807, 2.05) is 18.4 Å². The molecule has 1 saturated heterocycles. The van der Waals surface area contributed by atoms with E-state index in [1.165, 1.54) is 28.5 Å². The van der Waals surface area contributed by atoms with Gasteiger partial charge < -0.3 is 15.0 Å². The third-order valence-corrected chi connectivity index (χ3v) is 5.44. The Morgan fingerprint density at radius 2 is 2.24 bits per heavy atom. The van der Waals surface area contributed by atoms with E-state index in [4.69, 9.17) is 9.72 Å². The number of ether oxygens (including phenoxy) is 1. The highest BCUT2D eigenvalue weighted by Crippen LogP contribution is 2.30. The van der Waals surface area contributed by atoms with Crippen molar-refractivity contribution in [3.63, 3.8) is 0 Å². The fourth-order valence-corrected chi connectivity index (χ4v) is 3.97. The summed E-state index contributed by atoms with van der Waals surface area (Å²) in [6.45, 7) is 10.8. The van der Waals surface area contributed by atoms with Crippen LogP contribution in [-0.2, 0) is 17.7 Å². The average molecular weight is 311 g/mol. The Labute approximate surface area is 132 Å². The maximum atomic E-state index is 5.62. The lowest BCUT2D eigenvalue weighted by molar-refractivity contribution is 0.0498. The number of hydrogen-bond acceptors (Lipinski definition) is 5. The number of piperidine rings is 1. The van der Waals surface area contributed by atoms with Gasteiger partial charge in [-0.05, 0) is 31.7 Å². The molecule has 0 amide bonds. The summed E-state index contributed by atoms with van der Waals surface area (Å²) >= 11 is 1.85. The second-order valence-electron chi connectivity index (χ2n) is 5.88. The van der Waals surface area contributed by atoms with Crippen molar-refractivity contribution in [2.45, 2.75) is 52.7 Å². The number of anilines is 1. The molecule has 1 fully saturated rings. The van der Waals surface area contributed by atoms with Gasteiger partial charge in [0.1, 0.15) is 0 Å². The zero-order valence-corrected chi connectivity index (χ0v) is 14.6. The SMILES string of the molecule is CCCNCc1sc(N2CCC(C)C(OC)C2)nc1CC. The summed E-state index contributed by atoms with van der Waals surface area (Å²) < 4.78 is 5.62. The summed E-state index contributed by atoms with van der Waals surface area (Å²) in [6, 6.07) is 0. The molecule has 0 saturated carbocycles. The molecular formula is C16H29N3OS. The largest absolute Gasteiger partial charge is 0.379 e. The van der Waals surface area contributed by atoms with Gasteiger partial charge in [0.25, 0.3) is 0 Å². The van der Waals surface area contributed by atoms with Crippen molar-refractivity contribution >= 4 is 16.5 Å². The molecule has 5 heteroatoms. The Morgan fingerprint density at radius 1 is 1.43 bits per heavy atom. The van der Waals surface area contributed by atoms with Crippen LogP contribution in [0.4, 0.5) is 5.13 Å². The molecule has 4 nitrogen and oxygen atoms in total. The molecule has 0 aromatic carbocycles. The normalized spacial score (nSPS) is 22.8. The number of nitrogens with zero attached hydrogens (tertiary/aromatic N) is 2. The fraction of sp³-hybridized carbons (Fsp3) is 0.812. The van der Waals surface area contributed by atoms with Crippen LogP contribution in [0.15, 0.2) is 0 Å². The lowest BCUT2D eigenvalue weighted by atomic mass is 9.96. The van der Waals surface area contributed by atoms with E-state index in [0.717, 1.165) is 32.6 Å². The Kier molecular flexibility index (Phi) is 6.45. The van der Waals surface area contributed by atoms with Crippen LogP contribution >= 0.6 is 11.3 Å². The molecule has 1 aliphatic rings. The Balaban J connectivity index is 2.05. The summed E-state index contributed by atoms with van der Waals surface area (Å²) in [5.74, 6) is 0.641. The Hall–Kier alpha value is -0.650. The first kappa shape index (κ1) is 16.7. The molecular weight excluding hydrogens is 282 g/mol. The van der Waals surface area contributed by atoms with E-state index in [2.05, 4.69) is 31.0 Å². The second-order valence-corrected chi connectivity index (χ2v) is 6.94. The maximum absolute atomic E-state index is 5.62. The van der Waals surface area contributed by atoms with Crippen molar-refractivity contribution in [1.29, 1.82) is 0 Å². The van der Waals surface area contributed by atoms with E-state index in [9.17, 15) is 0 Å². The van der Waals surface area contributed by atoms with Crippen LogP contribution in [0.1, 0.15) is 44.2 Å². The van der Waals surface area contributed by atoms with Gasteiger partial charge >= 0.3 is 0 Å². The van der Waals surface area contributed by atoms with Crippen LogP contribution in [0.2, 0.25) is 0 Å². The third-order valence-electron chi connectivity index (χ3n) is 4.28. The van der Waals surface area contributed by atoms with Gasteiger partial charge in [-0.1, -0.05) is 20.8 Å². The van der Waals surface area contributed by atoms with Crippen molar-refractivity contribution in [2.75, 3.05) is 31.6 Å². The van der Waals surface area contributed by atoms with Crippen molar-refractivity contribution in [1.82, 2.24) is 10.3 Å². The lowest BCUT2D eigenvalue weighted by Gasteiger charge is -2.36. The van der Waals surface area contributed by atoms with E-state index < -0.39 is 0 Å². The molecule has 2 rings (SSSR count). The van der Waals surface area contributed by atoms with E-state index >= 15 is 0 Å². The first-order chi connectivity index (χ1) is 10.2. The molecule has 1 aliphatic heterocycles. The van der Waals surface area contributed by atoms with Gasteiger partial charge in [0, 0.05) is 31.6 Å². The molecule has 0 radical (unpaired) electrons. The minimum absolute atomic E-state index is 0.328. The van der Waals surface area contributed by atoms with Crippen molar-refractivity contribution < 1.29 is 4.74 Å². The highest BCUT2D eigenvalue weighted by Gasteiger charge is 2.28. The highest BCUT2D eigenvalue weighted by atomic mass is 32.1. The summed E-state index contributed by atoms with van der Waals surface area (Å²) in [7, 11) is 1.82. The molecule has 0 bridgehead atoms. The quantitative estimate of drug-likeness (QED) is 0.785. The zero-order valence-electron chi connectivity index (χ0n) is 13.8. The van der Waals surface area contributed by atoms with Crippen LogP contribution in [0, 0.1) is 5.92 Å². The molecule has 0 spiro atoms. The van der Waals surface area contributed by atoms with Crippen LogP contribution in [0.3, 0.4) is 0 Å². The molecule has 1 aromatic heterocycles. The van der Waals surface area contributed by atoms with Crippen molar-refractivity contribution in [3.8, 4) is 0 Å².